The predicted molar refractivity (Wildman–Crippen MR) is 114 cm³/mol. The Kier molecular flexibility index (Phi) is 8.52. The Morgan fingerprint density at radius 1 is 1.25 bits per heavy atom. The van der Waals surface area contributed by atoms with Crippen molar-refractivity contribution in [1.29, 1.82) is 0 Å². The maximum absolute atomic E-state index is 12.1. The number of hydrogen-bond acceptors (Lipinski definition) is 7. The highest BCUT2D eigenvalue weighted by Crippen LogP contribution is 2.34. The summed E-state index contributed by atoms with van der Waals surface area (Å²) in [6, 6.07) is 7.29. The van der Waals surface area contributed by atoms with Crippen molar-refractivity contribution in [2.24, 2.45) is 0 Å². The van der Waals surface area contributed by atoms with Crippen molar-refractivity contribution >= 4 is 64.4 Å². The average molecular weight is 428 g/mol. The molecule has 0 saturated heterocycles. The minimum atomic E-state index is -0.643. The Morgan fingerprint density at radius 3 is 2.61 bits per heavy atom. The number of carbonyl (C=O) groups excluding carboxylic acids is 1. The summed E-state index contributed by atoms with van der Waals surface area (Å²) in [5, 5.41) is 25.5. The van der Waals surface area contributed by atoms with Crippen molar-refractivity contribution < 1.29 is 14.8 Å². The molecule has 0 aliphatic heterocycles. The molecule has 150 valence electrons. The molecule has 0 unspecified atom stereocenters. The predicted octanol–water partition coefficient (Wildman–Crippen LogP) is 2.89. The van der Waals surface area contributed by atoms with Crippen LogP contribution < -0.4 is 22.1 Å². The summed E-state index contributed by atoms with van der Waals surface area (Å²) in [6.07, 6.45) is 2.63. The highest BCUT2D eigenvalue weighted by Gasteiger charge is 2.19. The second-order valence-corrected chi connectivity index (χ2v) is 5.87. The van der Waals surface area contributed by atoms with E-state index in [4.69, 9.17) is 28.2 Å². The van der Waals surface area contributed by atoms with Gasteiger partial charge >= 0.3 is 0 Å². The van der Waals surface area contributed by atoms with Crippen molar-refractivity contribution in [3.63, 3.8) is 0 Å². The highest BCUT2D eigenvalue weighted by atomic mass is 35.5. The number of hydrogen-bond donors (Lipinski definition) is 5. The molecular weight excluding hydrogens is 409 g/mol. The number of nitro groups is 1. The lowest BCUT2D eigenvalue weighted by molar-refractivity contribution is -0.383. The van der Waals surface area contributed by atoms with Gasteiger partial charge in [-0.15, -0.1) is 12.4 Å². The van der Waals surface area contributed by atoms with Crippen LogP contribution in [0.2, 0.25) is 5.02 Å². The number of carbonyl (C=O) groups is 1. The van der Waals surface area contributed by atoms with Gasteiger partial charge in [0.05, 0.1) is 22.2 Å². The number of nitrogens with one attached hydrogen (secondary N) is 2. The zero-order valence-electron chi connectivity index (χ0n) is 14.5. The molecule has 0 aliphatic rings. The second-order valence-electron chi connectivity index (χ2n) is 5.47. The van der Waals surface area contributed by atoms with Crippen LogP contribution in [0.1, 0.15) is 5.56 Å². The molecule has 9 nitrogen and oxygen atoms in total. The molecule has 2 rings (SSSR count). The number of nitrogens with two attached hydrogens (primary N) is 2. The summed E-state index contributed by atoms with van der Waals surface area (Å²) in [7, 11) is 0. The number of benzene rings is 2. The van der Waals surface area contributed by atoms with E-state index in [1.165, 1.54) is 24.3 Å². The van der Waals surface area contributed by atoms with Gasteiger partial charge in [0.1, 0.15) is 5.69 Å². The van der Waals surface area contributed by atoms with Crippen LogP contribution >= 0.6 is 24.0 Å². The molecule has 0 atom stereocenters. The van der Waals surface area contributed by atoms with Gasteiger partial charge in [0, 0.05) is 30.1 Å². The van der Waals surface area contributed by atoms with E-state index in [0.717, 1.165) is 0 Å². The van der Waals surface area contributed by atoms with Gasteiger partial charge in [-0.1, -0.05) is 11.6 Å². The quantitative estimate of drug-likeness (QED) is 0.196. The lowest BCUT2D eigenvalue weighted by atomic mass is 10.1. The third-order valence-corrected chi connectivity index (χ3v) is 3.81. The topological polar surface area (TPSA) is 157 Å². The van der Waals surface area contributed by atoms with Crippen molar-refractivity contribution in [2.75, 3.05) is 35.3 Å². The molecule has 28 heavy (non-hydrogen) atoms. The van der Waals surface area contributed by atoms with E-state index >= 15 is 0 Å². The first-order chi connectivity index (χ1) is 12.8. The van der Waals surface area contributed by atoms with Gasteiger partial charge in [0.25, 0.3) is 5.69 Å². The largest absolute Gasteiger partial charge is 0.399 e. The van der Waals surface area contributed by atoms with Crippen LogP contribution in [-0.2, 0) is 4.79 Å². The molecule has 0 bridgehead atoms. The SMILES string of the molecule is Cl.Nc1ccc(N)c(/C=C\C(=O)Nc2cc(Cl)c(NCCO)cc2[N+](=O)[O-])c1. The summed E-state index contributed by atoms with van der Waals surface area (Å²) in [6.45, 7) is 0.00743. The lowest BCUT2D eigenvalue weighted by Gasteiger charge is -2.10. The van der Waals surface area contributed by atoms with E-state index in [1.807, 2.05) is 0 Å². The zero-order chi connectivity index (χ0) is 20.0. The molecular formula is C17H19Cl2N5O4. The molecule has 11 heteroatoms. The number of aliphatic hydroxyl groups is 1. The first-order valence-corrected chi connectivity index (χ1v) is 8.16. The van der Waals surface area contributed by atoms with Gasteiger partial charge < -0.3 is 27.2 Å². The minimum absolute atomic E-state index is 0. The Labute approximate surface area is 171 Å². The number of nitrogen functional groups attached to an aromatic ring is 2. The van der Waals surface area contributed by atoms with E-state index in [-0.39, 0.29) is 47.6 Å². The molecule has 2 aromatic rings. The van der Waals surface area contributed by atoms with E-state index in [0.29, 0.717) is 16.9 Å². The summed E-state index contributed by atoms with van der Waals surface area (Å²) >= 11 is 6.07. The van der Waals surface area contributed by atoms with Gasteiger partial charge in [-0.3, -0.25) is 14.9 Å². The normalized spacial score (nSPS) is 10.4. The third-order valence-electron chi connectivity index (χ3n) is 3.49. The summed E-state index contributed by atoms with van der Waals surface area (Å²) in [5.41, 5.74) is 12.8. The maximum Gasteiger partial charge on any atom is 0.294 e. The molecule has 0 saturated carbocycles. The van der Waals surface area contributed by atoms with Crippen LogP contribution in [0.3, 0.4) is 0 Å². The van der Waals surface area contributed by atoms with E-state index < -0.39 is 10.8 Å². The smallest absolute Gasteiger partial charge is 0.294 e. The minimum Gasteiger partial charge on any atom is -0.399 e. The van der Waals surface area contributed by atoms with Gasteiger partial charge in [-0.2, -0.15) is 0 Å². The molecule has 2 aromatic carbocycles. The number of amides is 1. The molecule has 0 spiro atoms. The number of aliphatic hydroxyl groups excluding tert-OH is 1. The lowest BCUT2D eigenvalue weighted by Crippen LogP contribution is -2.11. The third kappa shape index (κ3) is 6.02. The first-order valence-electron chi connectivity index (χ1n) is 7.78. The first kappa shape index (κ1) is 23.0. The summed E-state index contributed by atoms with van der Waals surface area (Å²) in [5.74, 6) is -0.605. The number of anilines is 4. The van der Waals surface area contributed by atoms with Gasteiger partial charge in [-0.25, -0.2) is 0 Å². The van der Waals surface area contributed by atoms with Crippen LogP contribution in [0.4, 0.5) is 28.4 Å². The molecule has 0 heterocycles. The van der Waals surface area contributed by atoms with Crippen LogP contribution in [0, 0.1) is 10.1 Å². The number of nitrogens with zero attached hydrogens (tertiary/aromatic N) is 1. The van der Waals surface area contributed by atoms with Crippen molar-refractivity contribution in [1.82, 2.24) is 0 Å². The Bertz CT molecular complexity index is 905. The fraction of sp³-hybridized carbons (Fsp3) is 0.118. The van der Waals surface area contributed by atoms with Crippen molar-refractivity contribution in [3.05, 3.63) is 57.1 Å². The number of nitro benzene ring substituents is 1. The number of halogens is 2. The number of rotatable bonds is 7. The van der Waals surface area contributed by atoms with Crippen molar-refractivity contribution in [2.45, 2.75) is 0 Å². The molecule has 7 N–H and O–H groups in total. The second kappa shape index (κ2) is 10.4. The van der Waals surface area contributed by atoms with Crippen LogP contribution in [0.25, 0.3) is 6.08 Å². The Hall–Kier alpha value is -3.01. The summed E-state index contributed by atoms with van der Waals surface area (Å²) < 4.78 is 0. The fourth-order valence-electron chi connectivity index (χ4n) is 2.22. The zero-order valence-corrected chi connectivity index (χ0v) is 16.1. The summed E-state index contributed by atoms with van der Waals surface area (Å²) in [4.78, 5) is 22.8. The Morgan fingerprint density at radius 2 is 1.96 bits per heavy atom. The molecule has 0 radical (unpaired) electrons. The highest BCUT2D eigenvalue weighted by molar-refractivity contribution is 6.33. The van der Waals surface area contributed by atoms with Gasteiger partial charge in [-0.05, 0) is 35.9 Å². The van der Waals surface area contributed by atoms with Gasteiger partial charge in [0.2, 0.25) is 5.91 Å². The average Bonchev–Trinajstić information content (AvgIpc) is 2.61. The van der Waals surface area contributed by atoms with Crippen LogP contribution in [0.15, 0.2) is 36.4 Å². The monoisotopic (exact) mass is 427 g/mol. The van der Waals surface area contributed by atoms with Crippen molar-refractivity contribution in [3.8, 4) is 0 Å². The fourth-order valence-corrected chi connectivity index (χ4v) is 2.45. The van der Waals surface area contributed by atoms with Crippen LogP contribution in [-0.4, -0.2) is 29.1 Å². The molecule has 0 aliphatic carbocycles. The molecule has 0 aromatic heterocycles. The van der Waals surface area contributed by atoms with E-state index in [2.05, 4.69) is 10.6 Å². The maximum atomic E-state index is 12.1. The Balaban J connectivity index is 0.00000392. The van der Waals surface area contributed by atoms with E-state index in [1.54, 1.807) is 18.2 Å². The van der Waals surface area contributed by atoms with Gasteiger partial charge in [0.15, 0.2) is 0 Å². The van der Waals surface area contributed by atoms with Crippen LogP contribution in [0.5, 0.6) is 0 Å². The molecule has 1 amide bonds. The standard InChI is InChI=1S/C17H18ClN5O4.ClH/c18-12-8-15(16(23(26)27)9-14(12)21-5-6-24)22-17(25)4-1-10-7-11(19)2-3-13(10)20;/h1-4,7-9,21,24H,5-6,19-20H2,(H,22,25);1H/b4-1-;. The van der Waals surface area contributed by atoms with E-state index in [9.17, 15) is 14.9 Å². The molecule has 0 fully saturated rings.